The molecular formula is C18H38IN5O. The molecule has 0 spiro atoms. The average Bonchev–Trinajstić information content (AvgIpc) is 2.61. The molecule has 1 atom stereocenters. The Morgan fingerprint density at radius 2 is 1.92 bits per heavy atom. The summed E-state index contributed by atoms with van der Waals surface area (Å²) in [6, 6.07) is 0.752. The predicted molar refractivity (Wildman–Crippen MR) is 116 cm³/mol. The molecule has 0 radical (unpaired) electrons. The highest BCUT2D eigenvalue weighted by molar-refractivity contribution is 14.0. The molecule has 0 aromatic rings. The number of piperidine rings is 1. The quantitative estimate of drug-likeness (QED) is 0.247. The number of hydrogen-bond donors (Lipinski definition) is 2. The molecule has 0 aliphatic carbocycles. The van der Waals surface area contributed by atoms with Crippen LogP contribution < -0.4 is 10.6 Å². The van der Waals surface area contributed by atoms with Gasteiger partial charge in [-0.15, -0.1) is 24.0 Å². The number of morpholine rings is 1. The van der Waals surface area contributed by atoms with Gasteiger partial charge in [0.05, 0.1) is 13.2 Å². The molecule has 1 unspecified atom stereocenters. The molecule has 0 aromatic heterocycles. The molecule has 2 fully saturated rings. The Morgan fingerprint density at radius 1 is 1.12 bits per heavy atom. The van der Waals surface area contributed by atoms with E-state index in [0.717, 1.165) is 70.9 Å². The SMILES string of the molecule is CCNC(=NCCCN1CCCCC1C)NCCN1CCOCC1.I. The van der Waals surface area contributed by atoms with Gasteiger partial charge in [0, 0.05) is 51.9 Å². The first-order chi connectivity index (χ1) is 11.8. The van der Waals surface area contributed by atoms with Crippen molar-refractivity contribution in [2.75, 3.05) is 65.6 Å². The molecule has 2 saturated heterocycles. The van der Waals surface area contributed by atoms with Gasteiger partial charge in [-0.2, -0.15) is 0 Å². The third-order valence-corrected chi connectivity index (χ3v) is 4.98. The van der Waals surface area contributed by atoms with Gasteiger partial charge in [-0.05, 0) is 39.7 Å². The zero-order valence-electron chi connectivity index (χ0n) is 16.1. The molecule has 2 heterocycles. The van der Waals surface area contributed by atoms with E-state index < -0.39 is 0 Å². The van der Waals surface area contributed by atoms with Gasteiger partial charge in [-0.3, -0.25) is 9.89 Å². The van der Waals surface area contributed by atoms with Gasteiger partial charge < -0.3 is 20.3 Å². The van der Waals surface area contributed by atoms with E-state index in [9.17, 15) is 0 Å². The molecule has 0 saturated carbocycles. The van der Waals surface area contributed by atoms with E-state index in [1.165, 1.54) is 32.4 Å². The van der Waals surface area contributed by atoms with E-state index in [0.29, 0.717) is 0 Å². The van der Waals surface area contributed by atoms with E-state index in [1.807, 2.05) is 0 Å². The van der Waals surface area contributed by atoms with Crippen LogP contribution in [0.1, 0.15) is 39.5 Å². The molecule has 6 nitrogen and oxygen atoms in total. The van der Waals surface area contributed by atoms with Gasteiger partial charge in [0.15, 0.2) is 5.96 Å². The van der Waals surface area contributed by atoms with Crippen molar-refractivity contribution >= 4 is 29.9 Å². The molecule has 148 valence electrons. The highest BCUT2D eigenvalue weighted by Gasteiger charge is 2.17. The van der Waals surface area contributed by atoms with Crippen molar-refractivity contribution < 1.29 is 4.74 Å². The van der Waals surface area contributed by atoms with E-state index in [4.69, 9.17) is 9.73 Å². The topological polar surface area (TPSA) is 52.1 Å². The number of halogens is 1. The highest BCUT2D eigenvalue weighted by atomic mass is 127. The van der Waals surface area contributed by atoms with Gasteiger partial charge in [0.2, 0.25) is 0 Å². The third kappa shape index (κ3) is 9.40. The fourth-order valence-electron chi connectivity index (χ4n) is 3.45. The van der Waals surface area contributed by atoms with Gasteiger partial charge >= 0.3 is 0 Å². The fraction of sp³-hybridized carbons (Fsp3) is 0.944. The number of rotatable bonds is 8. The Labute approximate surface area is 171 Å². The summed E-state index contributed by atoms with van der Waals surface area (Å²) in [5.41, 5.74) is 0. The Morgan fingerprint density at radius 3 is 2.64 bits per heavy atom. The number of nitrogens with one attached hydrogen (secondary N) is 2. The number of aliphatic imine (C=N–C) groups is 1. The maximum atomic E-state index is 5.39. The van der Waals surface area contributed by atoms with E-state index >= 15 is 0 Å². The van der Waals surface area contributed by atoms with Gasteiger partial charge in [0.25, 0.3) is 0 Å². The number of nitrogens with zero attached hydrogens (tertiary/aromatic N) is 3. The van der Waals surface area contributed by atoms with Gasteiger partial charge in [-0.1, -0.05) is 6.42 Å². The summed E-state index contributed by atoms with van der Waals surface area (Å²) in [5.74, 6) is 0.956. The van der Waals surface area contributed by atoms with Crippen molar-refractivity contribution in [1.82, 2.24) is 20.4 Å². The minimum absolute atomic E-state index is 0. The maximum Gasteiger partial charge on any atom is 0.191 e. The van der Waals surface area contributed by atoms with Crippen LogP contribution in [0.3, 0.4) is 0 Å². The minimum Gasteiger partial charge on any atom is -0.379 e. The molecule has 2 aliphatic heterocycles. The van der Waals surface area contributed by atoms with Crippen molar-refractivity contribution in [2.45, 2.75) is 45.6 Å². The molecule has 25 heavy (non-hydrogen) atoms. The fourth-order valence-corrected chi connectivity index (χ4v) is 3.45. The molecule has 2 rings (SSSR count). The monoisotopic (exact) mass is 467 g/mol. The second-order valence-electron chi connectivity index (χ2n) is 6.88. The number of likely N-dealkylation sites (tertiary alicyclic amines) is 1. The van der Waals surface area contributed by atoms with Crippen LogP contribution in [0.2, 0.25) is 0 Å². The Kier molecular flexibility index (Phi) is 12.8. The van der Waals surface area contributed by atoms with Crippen molar-refractivity contribution in [3.05, 3.63) is 0 Å². The average molecular weight is 467 g/mol. The Bertz CT molecular complexity index is 363. The summed E-state index contributed by atoms with van der Waals surface area (Å²) in [6.07, 6.45) is 5.26. The molecule has 0 bridgehead atoms. The molecule has 0 aromatic carbocycles. The van der Waals surface area contributed by atoms with Crippen molar-refractivity contribution in [3.8, 4) is 0 Å². The van der Waals surface area contributed by atoms with Crippen LogP contribution in [0.4, 0.5) is 0 Å². The lowest BCUT2D eigenvalue weighted by molar-refractivity contribution is 0.0389. The standard InChI is InChI=1S/C18H37N5O.HI/c1-3-19-18(21-9-12-22-13-15-24-16-14-22)20-8-6-11-23-10-5-4-7-17(23)2;/h17H,3-16H2,1-2H3,(H2,19,20,21);1H. The Hall–Kier alpha value is -0.120. The summed E-state index contributed by atoms with van der Waals surface area (Å²) in [7, 11) is 0. The molecule has 0 amide bonds. The Balaban J connectivity index is 0.00000312. The van der Waals surface area contributed by atoms with Crippen molar-refractivity contribution in [2.24, 2.45) is 4.99 Å². The third-order valence-electron chi connectivity index (χ3n) is 4.98. The summed E-state index contributed by atoms with van der Waals surface area (Å²) in [6.45, 7) is 14.5. The van der Waals surface area contributed by atoms with Crippen LogP contribution >= 0.6 is 24.0 Å². The smallest absolute Gasteiger partial charge is 0.191 e. The van der Waals surface area contributed by atoms with Crippen LogP contribution in [0.15, 0.2) is 4.99 Å². The van der Waals surface area contributed by atoms with E-state index in [1.54, 1.807) is 0 Å². The zero-order chi connectivity index (χ0) is 17.0. The number of guanidine groups is 1. The van der Waals surface area contributed by atoms with Crippen LogP contribution in [-0.4, -0.2) is 87.4 Å². The molecule has 2 N–H and O–H groups in total. The second-order valence-corrected chi connectivity index (χ2v) is 6.88. The first-order valence-electron chi connectivity index (χ1n) is 9.86. The second kappa shape index (κ2) is 14.0. The summed E-state index contributed by atoms with van der Waals surface area (Å²) >= 11 is 0. The summed E-state index contributed by atoms with van der Waals surface area (Å²) in [5, 5.41) is 6.81. The normalized spacial score (nSPS) is 23.1. The predicted octanol–water partition coefficient (Wildman–Crippen LogP) is 1.76. The van der Waals surface area contributed by atoms with Crippen molar-refractivity contribution in [1.29, 1.82) is 0 Å². The van der Waals surface area contributed by atoms with Gasteiger partial charge in [-0.25, -0.2) is 0 Å². The largest absolute Gasteiger partial charge is 0.379 e. The molecular weight excluding hydrogens is 429 g/mol. The number of hydrogen-bond acceptors (Lipinski definition) is 4. The maximum absolute atomic E-state index is 5.39. The van der Waals surface area contributed by atoms with Crippen LogP contribution in [-0.2, 0) is 4.74 Å². The van der Waals surface area contributed by atoms with Crippen LogP contribution in [0.25, 0.3) is 0 Å². The molecule has 2 aliphatic rings. The van der Waals surface area contributed by atoms with Gasteiger partial charge in [0.1, 0.15) is 0 Å². The van der Waals surface area contributed by atoms with Crippen LogP contribution in [0, 0.1) is 0 Å². The highest BCUT2D eigenvalue weighted by Crippen LogP contribution is 2.16. The van der Waals surface area contributed by atoms with E-state index in [2.05, 4.69) is 34.3 Å². The lowest BCUT2D eigenvalue weighted by Crippen LogP contribution is -2.44. The van der Waals surface area contributed by atoms with E-state index in [-0.39, 0.29) is 24.0 Å². The lowest BCUT2D eigenvalue weighted by atomic mass is 10.0. The lowest BCUT2D eigenvalue weighted by Gasteiger charge is -2.33. The zero-order valence-corrected chi connectivity index (χ0v) is 18.5. The minimum atomic E-state index is 0. The first kappa shape index (κ1) is 22.9. The van der Waals surface area contributed by atoms with Crippen LogP contribution in [0.5, 0.6) is 0 Å². The van der Waals surface area contributed by atoms with Crippen molar-refractivity contribution in [3.63, 3.8) is 0 Å². The first-order valence-corrected chi connectivity index (χ1v) is 9.86. The summed E-state index contributed by atoms with van der Waals surface area (Å²) < 4.78 is 5.39. The molecule has 7 heteroatoms. The number of ether oxygens (including phenoxy) is 1. The summed E-state index contributed by atoms with van der Waals surface area (Å²) in [4.78, 5) is 9.80.